The number of hydrogen-bond acceptors (Lipinski definition) is 2. The number of carboxylic acids is 1. The summed E-state index contributed by atoms with van der Waals surface area (Å²) in [7, 11) is 0. The molecule has 2 N–H and O–H groups in total. The van der Waals surface area contributed by atoms with Crippen molar-refractivity contribution in [1.29, 1.82) is 0 Å². The van der Waals surface area contributed by atoms with Gasteiger partial charge in [0.05, 0.1) is 12.0 Å². The Morgan fingerprint density at radius 1 is 1.29 bits per heavy atom. The SMILES string of the molecule is CCC(CC)CC(=O)NC1(CC(=O)O)CCC1. The highest BCUT2D eigenvalue weighted by molar-refractivity contribution is 5.78. The molecule has 0 heterocycles. The molecule has 0 aromatic rings. The summed E-state index contributed by atoms with van der Waals surface area (Å²) in [6.45, 7) is 4.16. The zero-order chi connectivity index (χ0) is 12.9. The van der Waals surface area contributed by atoms with E-state index in [9.17, 15) is 9.59 Å². The average molecular weight is 241 g/mol. The molecule has 4 nitrogen and oxygen atoms in total. The van der Waals surface area contributed by atoms with Gasteiger partial charge in [-0.2, -0.15) is 0 Å². The van der Waals surface area contributed by atoms with Crippen molar-refractivity contribution in [3.8, 4) is 0 Å². The minimum Gasteiger partial charge on any atom is -0.481 e. The lowest BCUT2D eigenvalue weighted by Crippen LogP contribution is -2.54. The van der Waals surface area contributed by atoms with Gasteiger partial charge in [-0.25, -0.2) is 0 Å². The third kappa shape index (κ3) is 4.02. The van der Waals surface area contributed by atoms with Crippen molar-refractivity contribution in [3.05, 3.63) is 0 Å². The first-order valence-electron chi connectivity index (χ1n) is 6.54. The Balaban J connectivity index is 2.45. The molecule has 1 aliphatic rings. The minimum absolute atomic E-state index is 0.0136. The van der Waals surface area contributed by atoms with Crippen LogP contribution in [0.25, 0.3) is 0 Å². The number of nitrogens with one attached hydrogen (secondary N) is 1. The third-order valence-corrected chi connectivity index (χ3v) is 3.83. The van der Waals surface area contributed by atoms with Gasteiger partial charge in [0.15, 0.2) is 0 Å². The molecule has 17 heavy (non-hydrogen) atoms. The van der Waals surface area contributed by atoms with Crippen LogP contribution in [0.2, 0.25) is 0 Å². The molecule has 1 saturated carbocycles. The van der Waals surface area contributed by atoms with Gasteiger partial charge in [0.25, 0.3) is 0 Å². The lowest BCUT2D eigenvalue weighted by atomic mass is 9.74. The van der Waals surface area contributed by atoms with Gasteiger partial charge >= 0.3 is 5.97 Å². The Kier molecular flexibility index (Phi) is 4.97. The fourth-order valence-corrected chi connectivity index (χ4v) is 2.43. The van der Waals surface area contributed by atoms with Crippen LogP contribution in [-0.2, 0) is 9.59 Å². The minimum atomic E-state index is -0.826. The molecule has 0 spiro atoms. The monoisotopic (exact) mass is 241 g/mol. The van der Waals surface area contributed by atoms with Crippen molar-refractivity contribution in [2.45, 2.75) is 64.3 Å². The fraction of sp³-hybridized carbons (Fsp3) is 0.846. The smallest absolute Gasteiger partial charge is 0.305 e. The van der Waals surface area contributed by atoms with Gasteiger partial charge in [-0.15, -0.1) is 0 Å². The predicted octanol–water partition coefficient (Wildman–Crippen LogP) is 2.33. The number of rotatable bonds is 7. The van der Waals surface area contributed by atoms with Crippen LogP contribution in [0.15, 0.2) is 0 Å². The maximum absolute atomic E-state index is 11.9. The Bertz CT molecular complexity index is 280. The first kappa shape index (κ1) is 14.0. The summed E-state index contributed by atoms with van der Waals surface area (Å²) in [6, 6.07) is 0. The van der Waals surface area contributed by atoms with Crippen LogP contribution >= 0.6 is 0 Å². The van der Waals surface area contributed by atoms with E-state index >= 15 is 0 Å². The number of carbonyl (C=O) groups excluding carboxylic acids is 1. The molecule has 1 rings (SSSR count). The molecule has 0 aromatic heterocycles. The Hall–Kier alpha value is -1.06. The quantitative estimate of drug-likeness (QED) is 0.719. The van der Waals surface area contributed by atoms with E-state index in [1.54, 1.807) is 0 Å². The van der Waals surface area contributed by atoms with Gasteiger partial charge in [0.1, 0.15) is 0 Å². The highest BCUT2D eigenvalue weighted by atomic mass is 16.4. The average Bonchev–Trinajstić information content (AvgIpc) is 2.22. The predicted molar refractivity (Wildman–Crippen MR) is 65.7 cm³/mol. The zero-order valence-electron chi connectivity index (χ0n) is 10.8. The van der Waals surface area contributed by atoms with Gasteiger partial charge in [0.2, 0.25) is 5.91 Å². The van der Waals surface area contributed by atoms with E-state index in [2.05, 4.69) is 19.2 Å². The molecule has 0 radical (unpaired) electrons. The molecule has 98 valence electrons. The lowest BCUT2D eigenvalue weighted by Gasteiger charge is -2.41. The van der Waals surface area contributed by atoms with Crippen LogP contribution < -0.4 is 5.32 Å². The molecule has 1 fully saturated rings. The van der Waals surface area contributed by atoms with Crippen LogP contribution in [0, 0.1) is 5.92 Å². The number of carbonyl (C=O) groups is 2. The van der Waals surface area contributed by atoms with E-state index in [4.69, 9.17) is 5.11 Å². The number of amides is 1. The standard InChI is InChI=1S/C13H23NO3/c1-3-10(4-2)8-11(15)14-13(6-5-7-13)9-12(16)17/h10H,3-9H2,1-2H3,(H,14,15)(H,16,17). The van der Waals surface area contributed by atoms with Gasteiger partial charge < -0.3 is 10.4 Å². The molecule has 0 unspecified atom stereocenters. The summed E-state index contributed by atoms with van der Waals surface area (Å²) >= 11 is 0. The zero-order valence-corrected chi connectivity index (χ0v) is 10.8. The second kappa shape index (κ2) is 6.03. The summed E-state index contributed by atoms with van der Waals surface area (Å²) in [4.78, 5) is 22.6. The Morgan fingerprint density at radius 2 is 1.88 bits per heavy atom. The number of carboxylic acid groups (broad SMARTS) is 1. The van der Waals surface area contributed by atoms with Gasteiger partial charge in [0, 0.05) is 6.42 Å². The summed E-state index contributed by atoms with van der Waals surface area (Å²) in [5, 5.41) is 11.8. The van der Waals surface area contributed by atoms with Crippen molar-refractivity contribution in [3.63, 3.8) is 0 Å². The highest BCUT2D eigenvalue weighted by Crippen LogP contribution is 2.35. The van der Waals surface area contributed by atoms with E-state index in [0.717, 1.165) is 32.1 Å². The summed E-state index contributed by atoms with van der Waals surface area (Å²) < 4.78 is 0. The third-order valence-electron chi connectivity index (χ3n) is 3.83. The largest absolute Gasteiger partial charge is 0.481 e. The van der Waals surface area contributed by atoms with Crippen molar-refractivity contribution >= 4 is 11.9 Å². The maximum Gasteiger partial charge on any atom is 0.305 e. The second-order valence-corrected chi connectivity index (χ2v) is 5.14. The summed E-state index contributed by atoms with van der Waals surface area (Å²) in [5.74, 6) is -0.399. The van der Waals surface area contributed by atoms with Crippen LogP contribution in [0.5, 0.6) is 0 Å². The molecular weight excluding hydrogens is 218 g/mol. The number of aliphatic carboxylic acids is 1. The van der Waals surface area contributed by atoms with Crippen molar-refractivity contribution in [2.75, 3.05) is 0 Å². The highest BCUT2D eigenvalue weighted by Gasteiger charge is 2.40. The van der Waals surface area contributed by atoms with Gasteiger partial charge in [-0.3, -0.25) is 9.59 Å². The van der Waals surface area contributed by atoms with E-state index in [-0.39, 0.29) is 12.3 Å². The topological polar surface area (TPSA) is 66.4 Å². The van der Waals surface area contributed by atoms with E-state index < -0.39 is 11.5 Å². The molecule has 0 aliphatic heterocycles. The van der Waals surface area contributed by atoms with E-state index in [1.165, 1.54) is 0 Å². The maximum atomic E-state index is 11.9. The van der Waals surface area contributed by atoms with Crippen molar-refractivity contribution in [1.82, 2.24) is 5.32 Å². The first-order chi connectivity index (χ1) is 8.01. The van der Waals surface area contributed by atoms with Gasteiger partial charge in [-0.05, 0) is 25.2 Å². The first-order valence-corrected chi connectivity index (χ1v) is 6.54. The van der Waals surface area contributed by atoms with Crippen LogP contribution in [0.3, 0.4) is 0 Å². The Morgan fingerprint density at radius 3 is 2.24 bits per heavy atom. The van der Waals surface area contributed by atoms with E-state index in [1.807, 2.05) is 0 Å². The van der Waals surface area contributed by atoms with Crippen LogP contribution in [0.4, 0.5) is 0 Å². The van der Waals surface area contributed by atoms with E-state index in [0.29, 0.717) is 12.3 Å². The molecule has 1 amide bonds. The van der Waals surface area contributed by atoms with Crippen molar-refractivity contribution in [2.24, 2.45) is 5.92 Å². The molecule has 4 heteroatoms. The molecule has 0 atom stereocenters. The second-order valence-electron chi connectivity index (χ2n) is 5.14. The molecule has 0 saturated heterocycles. The lowest BCUT2D eigenvalue weighted by molar-refractivity contribution is -0.140. The summed E-state index contributed by atoms with van der Waals surface area (Å²) in [6.07, 6.45) is 5.18. The molecule has 0 aromatic carbocycles. The Labute approximate surface area is 103 Å². The normalized spacial score (nSPS) is 17.6. The molecular formula is C13H23NO3. The molecule has 0 bridgehead atoms. The summed E-state index contributed by atoms with van der Waals surface area (Å²) in [5.41, 5.74) is -0.449. The van der Waals surface area contributed by atoms with Crippen LogP contribution in [-0.4, -0.2) is 22.5 Å². The van der Waals surface area contributed by atoms with Gasteiger partial charge in [-0.1, -0.05) is 26.7 Å². The molecule has 1 aliphatic carbocycles. The van der Waals surface area contributed by atoms with Crippen molar-refractivity contribution < 1.29 is 14.7 Å². The fourth-order valence-electron chi connectivity index (χ4n) is 2.43. The number of hydrogen-bond donors (Lipinski definition) is 2. The van der Waals surface area contributed by atoms with Crippen LogP contribution in [0.1, 0.15) is 58.8 Å².